The van der Waals surface area contributed by atoms with E-state index >= 15 is 0 Å². The molecule has 0 aliphatic rings. The average molecular weight is 432 g/mol. The van der Waals surface area contributed by atoms with Crippen LogP contribution in [0.5, 0.6) is 5.75 Å². The second-order valence-corrected chi connectivity index (χ2v) is 7.89. The molecule has 0 bridgehead atoms. The summed E-state index contributed by atoms with van der Waals surface area (Å²) in [6, 6.07) is 7.79. The Morgan fingerprint density at radius 3 is 2.50 bits per heavy atom. The van der Waals surface area contributed by atoms with Crippen LogP contribution in [0.4, 0.5) is 8.78 Å². The van der Waals surface area contributed by atoms with Gasteiger partial charge < -0.3 is 14.3 Å². The Morgan fingerprint density at radius 1 is 1.13 bits per heavy atom. The number of ether oxygens (including phenoxy) is 1. The van der Waals surface area contributed by atoms with E-state index in [1.54, 1.807) is 13.8 Å². The van der Waals surface area contributed by atoms with Crippen molar-refractivity contribution < 1.29 is 13.5 Å². The zero-order valence-electron chi connectivity index (χ0n) is 16.9. The average Bonchev–Trinajstić information content (AvgIpc) is 3.26. The molecular formula is C21H20ClF2N5O. The van der Waals surface area contributed by atoms with Crippen molar-refractivity contribution >= 4 is 22.6 Å². The summed E-state index contributed by atoms with van der Waals surface area (Å²) in [7, 11) is 0. The highest BCUT2D eigenvalue weighted by atomic mass is 35.5. The minimum absolute atomic E-state index is 0.0434. The molecule has 6 nitrogen and oxygen atoms in total. The van der Waals surface area contributed by atoms with Crippen LogP contribution >= 0.6 is 11.6 Å². The molecule has 2 heterocycles. The maximum Gasteiger partial charge on any atom is 0.192 e. The van der Waals surface area contributed by atoms with Crippen molar-refractivity contribution in [3.05, 3.63) is 58.6 Å². The Kier molecular flexibility index (Phi) is 4.97. The molecule has 0 amide bonds. The number of hydrogen-bond acceptors (Lipinski definition) is 4. The van der Waals surface area contributed by atoms with Crippen molar-refractivity contribution in [2.75, 3.05) is 0 Å². The largest absolute Gasteiger partial charge is 0.474 e. The molecule has 0 fully saturated rings. The number of nitrogens with zero attached hydrogens (tertiary/aromatic N) is 4. The lowest BCUT2D eigenvalue weighted by atomic mass is 10.1. The molecule has 156 valence electrons. The molecule has 1 N–H and O–H groups in total. The summed E-state index contributed by atoms with van der Waals surface area (Å²) < 4.78 is 36.1. The van der Waals surface area contributed by atoms with Crippen molar-refractivity contribution in [2.45, 2.75) is 39.8 Å². The van der Waals surface area contributed by atoms with Gasteiger partial charge in [0.1, 0.15) is 5.82 Å². The first kappa shape index (κ1) is 20.3. The number of H-pyrrole nitrogens is 1. The van der Waals surface area contributed by atoms with E-state index in [2.05, 4.69) is 20.2 Å². The van der Waals surface area contributed by atoms with Crippen LogP contribution in [0.3, 0.4) is 0 Å². The molecule has 0 spiro atoms. The van der Waals surface area contributed by atoms with E-state index in [-0.39, 0.29) is 5.02 Å². The van der Waals surface area contributed by atoms with Crippen LogP contribution in [0.25, 0.3) is 22.4 Å². The lowest BCUT2D eigenvalue weighted by Gasteiger charge is -2.26. The van der Waals surface area contributed by atoms with Gasteiger partial charge in [0.05, 0.1) is 11.0 Å². The lowest BCUT2D eigenvalue weighted by molar-refractivity contribution is 0.0827. The second kappa shape index (κ2) is 7.36. The van der Waals surface area contributed by atoms with Crippen molar-refractivity contribution in [2.24, 2.45) is 0 Å². The Balaban J connectivity index is 1.75. The fourth-order valence-electron chi connectivity index (χ4n) is 3.46. The highest BCUT2D eigenvalue weighted by molar-refractivity contribution is 6.30. The molecule has 0 aliphatic carbocycles. The van der Waals surface area contributed by atoms with Crippen LogP contribution in [0.1, 0.15) is 32.4 Å². The van der Waals surface area contributed by atoms with Gasteiger partial charge in [0, 0.05) is 17.1 Å². The molecule has 0 unspecified atom stereocenters. The lowest BCUT2D eigenvalue weighted by Crippen LogP contribution is -2.30. The molecule has 9 heteroatoms. The number of aromatic amines is 1. The van der Waals surface area contributed by atoms with Gasteiger partial charge in [0.15, 0.2) is 34.6 Å². The van der Waals surface area contributed by atoms with E-state index in [1.165, 1.54) is 0 Å². The van der Waals surface area contributed by atoms with Crippen molar-refractivity contribution in [1.82, 2.24) is 24.7 Å². The van der Waals surface area contributed by atoms with Crippen molar-refractivity contribution in [3.8, 4) is 17.1 Å². The normalized spacial score (nSPS) is 12.0. The number of aromatic nitrogens is 5. The van der Waals surface area contributed by atoms with E-state index < -0.39 is 23.0 Å². The predicted molar refractivity (Wildman–Crippen MR) is 111 cm³/mol. The smallest absolute Gasteiger partial charge is 0.192 e. The van der Waals surface area contributed by atoms with Crippen LogP contribution in [0, 0.1) is 18.6 Å². The van der Waals surface area contributed by atoms with E-state index in [0.29, 0.717) is 18.2 Å². The van der Waals surface area contributed by atoms with Crippen LogP contribution in [0.2, 0.25) is 5.02 Å². The summed E-state index contributed by atoms with van der Waals surface area (Å²) in [5.41, 5.74) is 1.41. The third-order valence-corrected chi connectivity index (χ3v) is 5.00. The Bertz CT molecular complexity index is 1220. The molecule has 0 saturated heterocycles. The van der Waals surface area contributed by atoms with Crippen LogP contribution in [0.15, 0.2) is 30.3 Å². The van der Waals surface area contributed by atoms with E-state index in [0.717, 1.165) is 34.6 Å². The summed E-state index contributed by atoms with van der Waals surface area (Å²) in [5, 5.41) is 8.56. The molecule has 30 heavy (non-hydrogen) atoms. The van der Waals surface area contributed by atoms with Crippen molar-refractivity contribution in [1.29, 1.82) is 0 Å². The number of aryl methyl sites for hydroxylation is 1. The summed E-state index contributed by atoms with van der Waals surface area (Å²) in [4.78, 5) is 7.64. The number of imidazole rings is 1. The zero-order valence-corrected chi connectivity index (χ0v) is 17.7. The third kappa shape index (κ3) is 3.52. The van der Waals surface area contributed by atoms with E-state index in [1.807, 2.05) is 36.6 Å². The topological polar surface area (TPSA) is 68.6 Å². The predicted octanol–water partition coefficient (Wildman–Crippen LogP) is 5.40. The van der Waals surface area contributed by atoms with Gasteiger partial charge in [-0.3, -0.25) is 0 Å². The number of hydrogen-bond donors (Lipinski definition) is 1. The first-order valence-corrected chi connectivity index (χ1v) is 9.81. The number of rotatable bonds is 5. The van der Waals surface area contributed by atoms with Crippen LogP contribution in [-0.2, 0) is 12.1 Å². The van der Waals surface area contributed by atoms with Crippen LogP contribution in [-0.4, -0.2) is 24.7 Å². The minimum atomic E-state index is -1.16. The molecule has 0 aliphatic heterocycles. The summed E-state index contributed by atoms with van der Waals surface area (Å²) in [6.45, 7) is 7.73. The Hall–Kier alpha value is -3.00. The number of halogens is 3. The SMILES string of the molecule is CCn1c(-c2ccc3[nH]c(C)nc3c2)nnc1C(C)(C)Oc1c(F)cc(Cl)cc1F. The molecule has 4 rings (SSSR count). The first-order chi connectivity index (χ1) is 14.2. The molecule has 0 radical (unpaired) electrons. The number of benzene rings is 2. The summed E-state index contributed by atoms with van der Waals surface area (Å²) in [6.07, 6.45) is 0. The monoisotopic (exact) mass is 431 g/mol. The van der Waals surface area contributed by atoms with E-state index in [9.17, 15) is 8.78 Å². The van der Waals surface area contributed by atoms with Gasteiger partial charge in [0.25, 0.3) is 0 Å². The van der Waals surface area contributed by atoms with Gasteiger partial charge in [-0.25, -0.2) is 13.8 Å². The second-order valence-electron chi connectivity index (χ2n) is 7.46. The zero-order chi connectivity index (χ0) is 21.6. The summed E-state index contributed by atoms with van der Waals surface area (Å²) in [5.74, 6) is -0.396. The van der Waals surface area contributed by atoms with Gasteiger partial charge in [0.2, 0.25) is 0 Å². The molecule has 2 aromatic heterocycles. The van der Waals surface area contributed by atoms with Gasteiger partial charge in [-0.05, 0) is 58.0 Å². The first-order valence-electron chi connectivity index (χ1n) is 9.43. The Morgan fingerprint density at radius 2 is 1.83 bits per heavy atom. The Labute approximate surface area is 176 Å². The summed E-state index contributed by atoms with van der Waals surface area (Å²) >= 11 is 5.70. The quantitative estimate of drug-likeness (QED) is 0.459. The standard InChI is InChI=1S/C21H20ClF2N5O/c1-5-29-19(12-6-7-16-17(8-12)26-11(2)25-16)27-28-20(29)21(3,4)30-18-14(23)9-13(22)10-15(18)24/h6-10H,5H2,1-4H3,(H,25,26). The minimum Gasteiger partial charge on any atom is -0.474 e. The number of nitrogens with one attached hydrogen (secondary N) is 1. The highest BCUT2D eigenvalue weighted by Crippen LogP contribution is 2.34. The number of fused-ring (bicyclic) bond motifs is 1. The highest BCUT2D eigenvalue weighted by Gasteiger charge is 2.33. The fraction of sp³-hybridized carbons (Fsp3) is 0.286. The molecule has 0 saturated carbocycles. The van der Waals surface area contributed by atoms with Gasteiger partial charge >= 0.3 is 0 Å². The molecule has 4 aromatic rings. The van der Waals surface area contributed by atoms with Gasteiger partial charge in [-0.15, -0.1) is 10.2 Å². The molecular weight excluding hydrogens is 412 g/mol. The maximum atomic E-state index is 14.3. The third-order valence-electron chi connectivity index (χ3n) is 4.79. The maximum absolute atomic E-state index is 14.3. The van der Waals surface area contributed by atoms with Gasteiger partial charge in [-0.2, -0.15) is 0 Å². The molecule has 2 aromatic carbocycles. The van der Waals surface area contributed by atoms with Crippen molar-refractivity contribution in [3.63, 3.8) is 0 Å². The molecule has 0 atom stereocenters. The fourth-order valence-corrected chi connectivity index (χ4v) is 3.65. The van der Waals surface area contributed by atoms with Gasteiger partial charge in [-0.1, -0.05) is 11.6 Å². The van der Waals surface area contributed by atoms with Crippen LogP contribution < -0.4 is 4.74 Å². The van der Waals surface area contributed by atoms with E-state index in [4.69, 9.17) is 16.3 Å².